The van der Waals surface area contributed by atoms with E-state index in [2.05, 4.69) is 20.2 Å². The third-order valence-corrected chi connectivity index (χ3v) is 6.25. The van der Waals surface area contributed by atoms with Gasteiger partial charge in [-0.15, -0.1) is 11.3 Å². The Labute approximate surface area is 190 Å². The molecule has 32 heavy (non-hydrogen) atoms. The van der Waals surface area contributed by atoms with E-state index in [-0.39, 0.29) is 18.2 Å². The number of ether oxygens (including phenoxy) is 1. The summed E-state index contributed by atoms with van der Waals surface area (Å²) >= 11 is 1.47. The molecule has 0 bridgehead atoms. The van der Waals surface area contributed by atoms with Crippen molar-refractivity contribution >= 4 is 28.8 Å². The molecule has 0 radical (unpaired) electrons. The van der Waals surface area contributed by atoms with Crippen molar-refractivity contribution in [3.8, 4) is 16.3 Å². The molecule has 0 saturated carbocycles. The number of thiazole rings is 1. The van der Waals surface area contributed by atoms with Gasteiger partial charge < -0.3 is 19.9 Å². The zero-order chi connectivity index (χ0) is 22.5. The minimum Gasteiger partial charge on any atom is -0.495 e. The first kappa shape index (κ1) is 21.9. The second-order valence-corrected chi connectivity index (χ2v) is 8.48. The number of likely N-dealkylation sites (N-methyl/N-ethyl adjacent to an activating group) is 1. The van der Waals surface area contributed by atoms with E-state index in [0.29, 0.717) is 35.8 Å². The van der Waals surface area contributed by atoms with Crippen LogP contribution < -0.4 is 10.1 Å². The summed E-state index contributed by atoms with van der Waals surface area (Å²) in [6, 6.07) is 8.91. The van der Waals surface area contributed by atoms with Crippen LogP contribution in [-0.4, -0.2) is 71.9 Å². The fourth-order valence-electron chi connectivity index (χ4n) is 3.50. The number of aromatic nitrogens is 2. The third kappa shape index (κ3) is 5.12. The fraction of sp³-hybridized carbons (Fsp3) is 0.304. The Bertz CT molecular complexity index is 1090. The molecule has 1 fully saturated rings. The normalized spacial score (nSPS) is 14.2. The predicted octanol–water partition coefficient (Wildman–Crippen LogP) is 2.78. The highest BCUT2D eigenvalue weighted by Gasteiger charge is 2.22. The third-order valence-electron chi connectivity index (χ3n) is 5.31. The summed E-state index contributed by atoms with van der Waals surface area (Å²) in [7, 11) is 3.58. The molecule has 1 saturated heterocycles. The average molecular weight is 452 g/mol. The van der Waals surface area contributed by atoms with E-state index in [1.807, 2.05) is 29.5 Å². The minimum atomic E-state index is -0.226. The molecule has 8 nitrogen and oxygen atoms in total. The van der Waals surface area contributed by atoms with Crippen LogP contribution in [0.25, 0.3) is 10.6 Å². The highest BCUT2D eigenvalue weighted by molar-refractivity contribution is 7.13. The summed E-state index contributed by atoms with van der Waals surface area (Å²) in [6.07, 6.45) is 3.58. The first-order valence-electron chi connectivity index (χ1n) is 10.3. The number of hydrogen-bond acceptors (Lipinski definition) is 7. The standard InChI is InChI=1S/C23H25N5O3S/c1-27-8-10-28(11-9-27)23(30)16-5-6-20(31-2)19(12-16)26-21(29)13-18-15-32-22(25-18)17-4-3-7-24-14-17/h3-7,12,14-15H,8-11,13H2,1-2H3,(H,26,29). The molecule has 3 heterocycles. The highest BCUT2D eigenvalue weighted by Crippen LogP contribution is 2.27. The zero-order valence-electron chi connectivity index (χ0n) is 18.1. The first-order valence-corrected chi connectivity index (χ1v) is 11.2. The number of carbonyl (C=O) groups excluding carboxylic acids is 2. The molecular formula is C23H25N5O3S. The lowest BCUT2D eigenvalue weighted by atomic mass is 10.1. The second kappa shape index (κ2) is 9.88. The number of rotatable bonds is 6. The van der Waals surface area contributed by atoms with Gasteiger partial charge in [0.25, 0.3) is 5.91 Å². The molecule has 4 rings (SSSR count). The van der Waals surface area contributed by atoms with Gasteiger partial charge in [0.15, 0.2) is 0 Å². The van der Waals surface area contributed by atoms with Gasteiger partial charge >= 0.3 is 0 Å². The number of amides is 2. The lowest BCUT2D eigenvalue weighted by molar-refractivity contribution is -0.115. The summed E-state index contributed by atoms with van der Waals surface area (Å²) in [6.45, 7) is 3.07. The van der Waals surface area contributed by atoms with Crippen molar-refractivity contribution in [2.75, 3.05) is 45.7 Å². The molecule has 9 heteroatoms. The Kier molecular flexibility index (Phi) is 6.77. The van der Waals surface area contributed by atoms with Crippen LogP contribution in [0.2, 0.25) is 0 Å². The average Bonchev–Trinajstić information content (AvgIpc) is 3.28. The van der Waals surface area contributed by atoms with Gasteiger partial charge in [-0.3, -0.25) is 14.6 Å². The van der Waals surface area contributed by atoms with Gasteiger partial charge in [-0.2, -0.15) is 0 Å². The van der Waals surface area contributed by atoms with Gasteiger partial charge in [-0.1, -0.05) is 0 Å². The maximum absolute atomic E-state index is 12.9. The van der Waals surface area contributed by atoms with Gasteiger partial charge in [0.2, 0.25) is 5.91 Å². The van der Waals surface area contributed by atoms with E-state index >= 15 is 0 Å². The van der Waals surface area contributed by atoms with Crippen LogP contribution in [0.3, 0.4) is 0 Å². The van der Waals surface area contributed by atoms with E-state index in [4.69, 9.17) is 4.74 Å². The zero-order valence-corrected chi connectivity index (χ0v) is 18.9. The van der Waals surface area contributed by atoms with Crippen LogP contribution >= 0.6 is 11.3 Å². The molecule has 1 aliphatic rings. The van der Waals surface area contributed by atoms with Crippen LogP contribution in [0.1, 0.15) is 16.1 Å². The van der Waals surface area contributed by atoms with E-state index in [1.165, 1.54) is 18.4 Å². The molecule has 2 aromatic heterocycles. The van der Waals surface area contributed by atoms with Crippen molar-refractivity contribution in [1.82, 2.24) is 19.8 Å². The first-order chi connectivity index (χ1) is 15.5. The van der Waals surface area contributed by atoms with Gasteiger partial charge in [0, 0.05) is 55.1 Å². The topological polar surface area (TPSA) is 87.7 Å². The molecule has 0 unspecified atom stereocenters. The van der Waals surface area contributed by atoms with Crippen molar-refractivity contribution in [2.24, 2.45) is 0 Å². The number of methoxy groups -OCH3 is 1. The fourth-order valence-corrected chi connectivity index (χ4v) is 4.31. The molecule has 2 amide bonds. The van der Waals surface area contributed by atoms with E-state index < -0.39 is 0 Å². The largest absolute Gasteiger partial charge is 0.495 e. The summed E-state index contributed by atoms with van der Waals surface area (Å²) < 4.78 is 5.39. The number of carbonyl (C=O) groups is 2. The van der Waals surface area contributed by atoms with E-state index in [0.717, 1.165) is 23.7 Å². The molecular weight excluding hydrogens is 426 g/mol. The Morgan fingerprint density at radius 3 is 2.72 bits per heavy atom. The van der Waals surface area contributed by atoms with Crippen LogP contribution in [-0.2, 0) is 11.2 Å². The monoisotopic (exact) mass is 451 g/mol. The van der Waals surface area contributed by atoms with Crippen LogP contribution in [0, 0.1) is 0 Å². The van der Waals surface area contributed by atoms with Crippen LogP contribution in [0.5, 0.6) is 5.75 Å². The van der Waals surface area contributed by atoms with E-state index in [1.54, 1.807) is 30.6 Å². The minimum absolute atomic E-state index is 0.0446. The molecule has 1 N–H and O–H groups in total. The number of anilines is 1. The van der Waals surface area contributed by atoms with Gasteiger partial charge in [-0.05, 0) is 37.4 Å². The number of nitrogens with one attached hydrogen (secondary N) is 1. The summed E-state index contributed by atoms with van der Waals surface area (Å²) in [5.41, 5.74) is 2.59. The summed E-state index contributed by atoms with van der Waals surface area (Å²) in [5, 5.41) is 5.56. The van der Waals surface area contributed by atoms with Crippen molar-refractivity contribution < 1.29 is 14.3 Å². The Balaban J connectivity index is 1.45. The maximum Gasteiger partial charge on any atom is 0.254 e. The number of hydrogen-bond donors (Lipinski definition) is 1. The van der Waals surface area contributed by atoms with Crippen molar-refractivity contribution in [3.63, 3.8) is 0 Å². The molecule has 1 aromatic carbocycles. The lowest BCUT2D eigenvalue weighted by Crippen LogP contribution is -2.47. The SMILES string of the molecule is COc1ccc(C(=O)N2CCN(C)CC2)cc1NC(=O)Cc1csc(-c2cccnc2)n1. The van der Waals surface area contributed by atoms with Gasteiger partial charge in [0.1, 0.15) is 10.8 Å². The predicted molar refractivity (Wildman–Crippen MR) is 124 cm³/mol. The maximum atomic E-state index is 12.9. The summed E-state index contributed by atoms with van der Waals surface area (Å²) in [4.78, 5) is 38.3. The number of piperazine rings is 1. The molecule has 0 atom stereocenters. The van der Waals surface area contributed by atoms with Crippen LogP contribution in [0.15, 0.2) is 48.1 Å². The molecule has 1 aliphatic heterocycles. The Morgan fingerprint density at radius 1 is 1.19 bits per heavy atom. The van der Waals surface area contributed by atoms with Gasteiger partial charge in [0.05, 0.1) is 24.9 Å². The second-order valence-electron chi connectivity index (χ2n) is 7.62. The Hall–Kier alpha value is -3.30. The Morgan fingerprint density at radius 2 is 2.00 bits per heavy atom. The number of nitrogens with zero attached hydrogens (tertiary/aromatic N) is 4. The highest BCUT2D eigenvalue weighted by atomic mass is 32.1. The van der Waals surface area contributed by atoms with Crippen LogP contribution in [0.4, 0.5) is 5.69 Å². The lowest BCUT2D eigenvalue weighted by Gasteiger charge is -2.32. The molecule has 0 aliphatic carbocycles. The van der Waals surface area contributed by atoms with Gasteiger partial charge in [-0.25, -0.2) is 4.98 Å². The van der Waals surface area contributed by atoms with Crippen molar-refractivity contribution in [3.05, 3.63) is 59.4 Å². The molecule has 166 valence electrons. The smallest absolute Gasteiger partial charge is 0.254 e. The number of benzene rings is 1. The molecule has 3 aromatic rings. The number of pyridine rings is 1. The van der Waals surface area contributed by atoms with Crippen molar-refractivity contribution in [1.29, 1.82) is 0 Å². The quantitative estimate of drug-likeness (QED) is 0.620. The van der Waals surface area contributed by atoms with Crippen molar-refractivity contribution in [2.45, 2.75) is 6.42 Å². The molecule has 0 spiro atoms. The summed E-state index contributed by atoms with van der Waals surface area (Å²) in [5.74, 6) is 0.231. The van der Waals surface area contributed by atoms with E-state index in [9.17, 15) is 9.59 Å².